The van der Waals surface area contributed by atoms with Gasteiger partial charge >= 0.3 is 0 Å². The van der Waals surface area contributed by atoms with Gasteiger partial charge < -0.3 is 19.6 Å². The van der Waals surface area contributed by atoms with Crippen LogP contribution in [0.1, 0.15) is 27.2 Å². The highest BCUT2D eigenvalue weighted by Gasteiger charge is 2.37. The van der Waals surface area contributed by atoms with Crippen LogP contribution in [0.5, 0.6) is 0 Å². The molecule has 0 radical (unpaired) electrons. The molecule has 2 aliphatic heterocycles. The quantitative estimate of drug-likeness (QED) is 0.772. The lowest BCUT2D eigenvalue weighted by Gasteiger charge is -2.31. The van der Waals surface area contributed by atoms with Gasteiger partial charge in [0, 0.05) is 6.04 Å². The lowest BCUT2D eigenvalue weighted by Crippen LogP contribution is -2.39. The highest BCUT2D eigenvalue weighted by atomic mass is 16.5. The van der Waals surface area contributed by atoms with Crippen LogP contribution in [0.15, 0.2) is 11.8 Å². The second-order valence-corrected chi connectivity index (χ2v) is 4.57. The van der Waals surface area contributed by atoms with Crippen LogP contribution >= 0.6 is 0 Å². The van der Waals surface area contributed by atoms with Crippen molar-refractivity contribution in [1.29, 1.82) is 0 Å². The fourth-order valence-corrected chi connectivity index (χ4v) is 2.47. The Hall–Kier alpha value is -1.06. The summed E-state index contributed by atoms with van der Waals surface area (Å²) in [5.74, 6) is 1.54. The minimum atomic E-state index is 0.327. The zero-order valence-electron chi connectivity index (χ0n) is 9.73. The molecule has 2 rings (SSSR count). The SMILES string of the molecule is CC[C@H](C(C)C)N1CN2CCOC2=C1O. The lowest BCUT2D eigenvalue weighted by molar-refractivity contribution is 0.107. The first-order chi connectivity index (χ1) is 7.15. The molecule has 4 heteroatoms. The van der Waals surface area contributed by atoms with Gasteiger partial charge in [0.15, 0.2) is 0 Å². The normalized spacial score (nSPS) is 22.4. The summed E-state index contributed by atoms with van der Waals surface area (Å²) in [6.45, 7) is 8.91. The number of fused-ring (bicyclic) bond motifs is 1. The Morgan fingerprint density at radius 2 is 2.20 bits per heavy atom. The van der Waals surface area contributed by atoms with E-state index in [1.165, 1.54) is 0 Å². The van der Waals surface area contributed by atoms with Crippen molar-refractivity contribution in [3.8, 4) is 0 Å². The lowest BCUT2D eigenvalue weighted by atomic mass is 10.0. The average molecular weight is 212 g/mol. The molecule has 1 atom stereocenters. The predicted octanol–water partition coefficient (Wildman–Crippen LogP) is 1.71. The van der Waals surface area contributed by atoms with E-state index in [1.807, 2.05) is 0 Å². The number of hydrogen-bond acceptors (Lipinski definition) is 4. The molecule has 0 aromatic rings. The second kappa shape index (κ2) is 3.83. The van der Waals surface area contributed by atoms with Crippen LogP contribution in [-0.4, -0.2) is 40.8 Å². The van der Waals surface area contributed by atoms with E-state index in [9.17, 15) is 5.11 Å². The van der Waals surface area contributed by atoms with Crippen LogP contribution in [-0.2, 0) is 4.74 Å². The molecule has 1 fully saturated rings. The third-order valence-corrected chi connectivity index (χ3v) is 3.26. The number of rotatable bonds is 3. The molecule has 1 N–H and O–H groups in total. The van der Waals surface area contributed by atoms with E-state index in [1.54, 1.807) is 0 Å². The van der Waals surface area contributed by atoms with Gasteiger partial charge in [-0.05, 0) is 12.3 Å². The number of ether oxygens (including phenoxy) is 1. The second-order valence-electron chi connectivity index (χ2n) is 4.57. The third kappa shape index (κ3) is 1.62. The molecule has 2 heterocycles. The van der Waals surface area contributed by atoms with Crippen LogP contribution in [0.2, 0.25) is 0 Å². The van der Waals surface area contributed by atoms with E-state index in [4.69, 9.17) is 4.74 Å². The zero-order chi connectivity index (χ0) is 11.0. The largest absolute Gasteiger partial charge is 0.491 e. The molecule has 0 unspecified atom stereocenters. The number of nitrogens with zero attached hydrogens (tertiary/aromatic N) is 2. The van der Waals surface area contributed by atoms with Crippen LogP contribution in [0.3, 0.4) is 0 Å². The smallest absolute Gasteiger partial charge is 0.253 e. The molecule has 0 bridgehead atoms. The molecule has 2 aliphatic rings. The standard InChI is InChI=1S/C11H20N2O2/c1-4-9(8(2)3)13-7-12-5-6-15-11(12)10(13)14/h8-9,14H,4-7H2,1-3H3/t9-/m1/s1. The van der Waals surface area contributed by atoms with E-state index in [0.717, 1.165) is 19.6 Å². The van der Waals surface area contributed by atoms with Gasteiger partial charge in [0.05, 0.1) is 13.2 Å². The maximum Gasteiger partial charge on any atom is 0.253 e. The van der Waals surface area contributed by atoms with Gasteiger partial charge in [0.25, 0.3) is 11.8 Å². The molecule has 0 amide bonds. The van der Waals surface area contributed by atoms with Crippen molar-refractivity contribution in [3.63, 3.8) is 0 Å². The first-order valence-electron chi connectivity index (χ1n) is 5.72. The van der Waals surface area contributed by atoms with Gasteiger partial charge in [0.1, 0.15) is 6.61 Å². The molecule has 0 spiro atoms. The topological polar surface area (TPSA) is 35.9 Å². The summed E-state index contributed by atoms with van der Waals surface area (Å²) in [6, 6.07) is 0.395. The van der Waals surface area contributed by atoms with Crippen LogP contribution in [0.25, 0.3) is 0 Å². The fraction of sp³-hybridized carbons (Fsp3) is 0.818. The van der Waals surface area contributed by atoms with Gasteiger partial charge in [-0.15, -0.1) is 0 Å². The van der Waals surface area contributed by atoms with E-state index >= 15 is 0 Å². The highest BCUT2D eigenvalue weighted by molar-refractivity contribution is 5.09. The van der Waals surface area contributed by atoms with Crippen molar-refractivity contribution in [2.24, 2.45) is 5.92 Å². The van der Waals surface area contributed by atoms with Gasteiger partial charge in [-0.1, -0.05) is 20.8 Å². The minimum absolute atomic E-state index is 0.327. The van der Waals surface area contributed by atoms with Crippen molar-refractivity contribution >= 4 is 0 Å². The molecule has 0 aromatic heterocycles. The Morgan fingerprint density at radius 3 is 2.73 bits per heavy atom. The molecule has 0 aromatic carbocycles. The van der Waals surface area contributed by atoms with Crippen LogP contribution < -0.4 is 0 Å². The molecular weight excluding hydrogens is 192 g/mol. The van der Waals surface area contributed by atoms with E-state index in [-0.39, 0.29) is 0 Å². The van der Waals surface area contributed by atoms with Gasteiger partial charge in [-0.2, -0.15) is 0 Å². The van der Waals surface area contributed by atoms with Crippen molar-refractivity contribution in [2.45, 2.75) is 33.2 Å². The molecule has 1 saturated heterocycles. The van der Waals surface area contributed by atoms with E-state index in [0.29, 0.717) is 30.3 Å². The molecule has 15 heavy (non-hydrogen) atoms. The van der Waals surface area contributed by atoms with Crippen molar-refractivity contribution < 1.29 is 9.84 Å². The minimum Gasteiger partial charge on any atom is -0.491 e. The molecule has 86 valence electrons. The molecule has 0 aliphatic carbocycles. The monoisotopic (exact) mass is 212 g/mol. The Bertz CT molecular complexity index is 276. The maximum atomic E-state index is 10.0. The summed E-state index contributed by atoms with van der Waals surface area (Å²) in [4.78, 5) is 4.15. The Morgan fingerprint density at radius 1 is 1.47 bits per heavy atom. The molecule has 0 saturated carbocycles. The van der Waals surface area contributed by atoms with Crippen LogP contribution in [0.4, 0.5) is 0 Å². The number of aliphatic hydroxyl groups is 1. The summed E-state index contributed by atoms with van der Waals surface area (Å²) in [6.07, 6.45) is 1.04. The highest BCUT2D eigenvalue weighted by Crippen LogP contribution is 2.31. The average Bonchev–Trinajstić information content (AvgIpc) is 2.72. The van der Waals surface area contributed by atoms with Crippen molar-refractivity contribution in [1.82, 2.24) is 9.80 Å². The van der Waals surface area contributed by atoms with Gasteiger partial charge in [0.2, 0.25) is 0 Å². The van der Waals surface area contributed by atoms with Crippen molar-refractivity contribution in [3.05, 3.63) is 11.8 Å². The third-order valence-electron chi connectivity index (χ3n) is 3.26. The van der Waals surface area contributed by atoms with Crippen LogP contribution in [0, 0.1) is 5.92 Å². The predicted molar refractivity (Wildman–Crippen MR) is 57.9 cm³/mol. The zero-order valence-corrected chi connectivity index (χ0v) is 9.73. The summed E-state index contributed by atoms with van der Waals surface area (Å²) in [5, 5.41) is 10.0. The number of hydrogen-bond donors (Lipinski definition) is 1. The summed E-state index contributed by atoms with van der Waals surface area (Å²) in [7, 11) is 0. The maximum absolute atomic E-state index is 10.0. The molecule has 4 nitrogen and oxygen atoms in total. The summed E-state index contributed by atoms with van der Waals surface area (Å²) < 4.78 is 5.41. The van der Waals surface area contributed by atoms with E-state index < -0.39 is 0 Å². The first kappa shape index (κ1) is 10.5. The Balaban J connectivity index is 2.15. The van der Waals surface area contributed by atoms with Gasteiger partial charge in [-0.3, -0.25) is 0 Å². The summed E-state index contributed by atoms with van der Waals surface area (Å²) in [5.41, 5.74) is 0. The fourth-order valence-electron chi connectivity index (χ4n) is 2.47. The number of aliphatic hydroxyl groups excluding tert-OH is 1. The van der Waals surface area contributed by atoms with Crippen molar-refractivity contribution in [2.75, 3.05) is 19.8 Å². The summed E-state index contributed by atoms with van der Waals surface area (Å²) >= 11 is 0. The Labute approximate surface area is 91.1 Å². The van der Waals surface area contributed by atoms with E-state index in [2.05, 4.69) is 30.6 Å². The molecular formula is C11H20N2O2. The first-order valence-corrected chi connectivity index (χ1v) is 5.72. The van der Waals surface area contributed by atoms with Gasteiger partial charge in [-0.25, -0.2) is 0 Å². The Kier molecular flexibility index (Phi) is 2.67.